The van der Waals surface area contributed by atoms with Gasteiger partial charge < -0.3 is 10.2 Å². The summed E-state index contributed by atoms with van der Waals surface area (Å²) in [4.78, 5) is 27.8. The minimum atomic E-state index is -4.19. The molecule has 1 N–H and O–H groups in total. The fourth-order valence-corrected chi connectivity index (χ4v) is 5.57. The molecule has 0 spiro atoms. The summed E-state index contributed by atoms with van der Waals surface area (Å²) >= 11 is 15.5. The van der Waals surface area contributed by atoms with Crippen molar-refractivity contribution in [2.45, 2.75) is 31.3 Å². The Kier molecular flexibility index (Phi) is 10.0. The van der Waals surface area contributed by atoms with Crippen LogP contribution in [0.25, 0.3) is 0 Å². The summed E-state index contributed by atoms with van der Waals surface area (Å²) in [5.74, 6) is -0.901. The Morgan fingerprint density at radius 2 is 1.62 bits per heavy atom. The molecule has 3 rings (SSSR count). The number of rotatable bonds is 10. The van der Waals surface area contributed by atoms with Gasteiger partial charge in [0.1, 0.15) is 12.6 Å². The Bertz CT molecular complexity index is 1350. The number of amides is 2. The number of nitrogens with zero attached hydrogens (tertiary/aromatic N) is 2. The molecule has 0 aliphatic rings. The lowest BCUT2D eigenvalue weighted by Gasteiger charge is -2.32. The Hall–Kier alpha value is -2.59. The molecule has 0 unspecified atom stereocenters. The topological polar surface area (TPSA) is 86.8 Å². The molecular formula is C26H26BrCl2N3O4S. The molecule has 0 aliphatic heterocycles. The number of nitrogens with one attached hydrogen (secondary N) is 1. The fraction of sp³-hybridized carbons (Fsp3) is 0.231. The third-order valence-corrected chi connectivity index (χ3v) is 8.36. The van der Waals surface area contributed by atoms with Crippen molar-refractivity contribution in [3.63, 3.8) is 0 Å². The van der Waals surface area contributed by atoms with Crippen LogP contribution in [0, 0.1) is 0 Å². The van der Waals surface area contributed by atoms with E-state index in [0.717, 1.165) is 14.3 Å². The van der Waals surface area contributed by atoms with E-state index in [1.54, 1.807) is 32.0 Å². The van der Waals surface area contributed by atoms with Gasteiger partial charge >= 0.3 is 0 Å². The molecule has 0 bridgehead atoms. The second kappa shape index (κ2) is 12.8. The average Bonchev–Trinajstić information content (AvgIpc) is 2.86. The zero-order valence-corrected chi connectivity index (χ0v) is 24.1. The second-order valence-corrected chi connectivity index (χ2v) is 11.8. The van der Waals surface area contributed by atoms with Crippen molar-refractivity contribution in [2.24, 2.45) is 0 Å². The lowest BCUT2D eigenvalue weighted by Crippen LogP contribution is -2.51. The Balaban J connectivity index is 2.02. The number of hydrogen-bond donors (Lipinski definition) is 1. The fourth-order valence-electron chi connectivity index (χ4n) is 3.58. The summed E-state index contributed by atoms with van der Waals surface area (Å²) in [5, 5.41) is 3.41. The summed E-state index contributed by atoms with van der Waals surface area (Å²) in [7, 11) is -4.19. The molecule has 2 amide bonds. The van der Waals surface area contributed by atoms with Gasteiger partial charge in [0.05, 0.1) is 10.6 Å². The van der Waals surface area contributed by atoms with Gasteiger partial charge in [-0.3, -0.25) is 13.9 Å². The lowest BCUT2D eigenvalue weighted by molar-refractivity contribution is -0.139. The highest BCUT2D eigenvalue weighted by molar-refractivity contribution is 9.10. The van der Waals surface area contributed by atoms with Gasteiger partial charge in [0.15, 0.2) is 0 Å². The number of carbonyl (C=O) groups excluding carboxylic acids is 2. The van der Waals surface area contributed by atoms with E-state index < -0.39 is 28.5 Å². The van der Waals surface area contributed by atoms with Gasteiger partial charge in [-0.1, -0.05) is 57.3 Å². The van der Waals surface area contributed by atoms with E-state index in [1.165, 1.54) is 35.2 Å². The first kappa shape index (κ1) is 29.0. The Labute approximate surface area is 235 Å². The predicted octanol–water partition coefficient (Wildman–Crippen LogP) is 5.50. The first-order valence-electron chi connectivity index (χ1n) is 11.4. The third kappa shape index (κ3) is 7.47. The largest absolute Gasteiger partial charge is 0.355 e. The SMILES string of the molecule is CCNC(=O)[C@@H](C)N(Cc1ccc(Br)cc1)C(=O)CN(c1cccc(Cl)c1)S(=O)(=O)c1ccc(Cl)cc1. The molecule has 0 radical (unpaired) electrons. The van der Waals surface area contributed by atoms with E-state index in [1.807, 2.05) is 24.3 Å². The number of benzene rings is 3. The normalized spacial score (nSPS) is 12.0. The van der Waals surface area contributed by atoms with Crippen LogP contribution in [-0.4, -0.2) is 44.3 Å². The molecule has 0 heterocycles. The lowest BCUT2D eigenvalue weighted by atomic mass is 10.1. The average molecular weight is 627 g/mol. The van der Waals surface area contributed by atoms with Crippen LogP contribution in [0.4, 0.5) is 5.69 Å². The highest BCUT2D eigenvalue weighted by Gasteiger charge is 2.32. The van der Waals surface area contributed by atoms with Gasteiger partial charge in [-0.15, -0.1) is 0 Å². The minimum absolute atomic E-state index is 0.0408. The minimum Gasteiger partial charge on any atom is -0.355 e. The molecule has 3 aromatic carbocycles. The van der Waals surface area contributed by atoms with E-state index in [0.29, 0.717) is 16.6 Å². The van der Waals surface area contributed by atoms with Crippen LogP contribution in [-0.2, 0) is 26.2 Å². The summed E-state index contributed by atoms with van der Waals surface area (Å²) in [5.41, 5.74) is 0.993. The van der Waals surface area contributed by atoms with Crippen molar-refractivity contribution < 1.29 is 18.0 Å². The monoisotopic (exact) mass is 625 g/mol. The molecule has 0 saturated carbocycles. The van der Waals surface area contributed by atoms with Crippen LogP contribution in [0.15, 0.2) is 82.2 Å². The highest BCUT2D eigenvalue weighted by Crippen LogP contribution is 2.27. The zero-order chi connectivity index (χ0) is 27.2. The predicted molar refractivity (Wildman–Crippen MR) is 150 cm³/mol. The molecule has 196 valence electrons. The van der Waals surface area contributed by atoms with Crippen molar-refractivity contribution >= 4 is 66.7 Å². The molecule has 0 fully saturated rings. The van der Waals surface area contributed by atoms with Crippen LogP contribution in [0.3, 0.4) is 0 Å². The molecule has 7 nitrogen and oxygen atoms in total. The smallest absolute Gasteiger partial charge is 0.264 e. The van der Waals surface area contributed by atoms with Crippen molar-refractivity contribution in [3.8, 4) is 0 Å². The summed E-state index contributed by atoms with van der Waals surface area (Å²) in [6.45, 7) is 3.34. The van der Waals surface area contributed by atoms with Gasteiger partial charge in [-0.2, -0.15) is 0 Å². The molecular weight excluding hydrogens is 601 g/mol. The summed E-state index contributed by atoms with van der Waals surface area (Å²) < 4.78 is 29.3. The summed E-state index contributed by atoms with van der Waals surface area (Å²) in [6, 6.07) is 18.4. The first-order chi connectivity index (χ1) is 17.5. The number of hydrogen-bond acceptors (Lipinski definition) is 4. The maximum Gasteiger partial charge on any atom is 0.264 e. The second-order valence-electron chi connectivity index (χ2n) is 8.16. The van der Waals surface area contributed by atoms with Crippen LogP contribution in [0.1, 0.15) is 19.4 Å². The van der Waals surface area contributed by atoms with Crippen molar-refractivity contribution in [1.82, 2.24) is 10.2 Å². The van der Waals surface area contributed by atoms with Gasteiger partial charge in [0.2, 0.25) is 11.8 Å². The molecule has 0 aromatic heterocycles. The van der Waals surface area contributed by atoms with Crippen LogP contribution >= 0.6 is 39.1 Å². The van der Waals surface area contributed by atoms with E-state index in [4.69, 9.17) is 23.2 Å². The van der Waals surface area contributed by atoms with Crippen LogP contribution in [0.5, 0.6) is 0 Å². The third-order valence-electron chi connectivity index (χ3n) is 5.56. The quantitative estimate of drug-likeness (QED) is 0.322. The highest BCUT2D eigenvalue weighted by atomic mass is 79.9. The summed E-state index contributed by atoms with van der Waals surface area (Å²) in [6.07, 6.45) is 0. The van der Waals surface area contributed by atoms with E-state index >= 15 is 0 Å². The number of likely N-dealkylation sites (N-methyl/N-ethyl adjacent to an activating group) is 1. The van der Waals surface area contributed by atoms with Crippen molar-refractivity contribution in [1.29, 1.82) is 0 Å². The molecule has 0 aliphatic carbocycles. The van der Waals surface area contributed by atoms with Crippen molar-refractivity contribution in [3.05, 3.63) is 92.9 Å². The van der Waals surface area contributed by atoms with E-state index in [2.05, 4.69) is 21.2 Å². The maximum absolute atomic E-state index is 13.7. The Morgan fingerprint density at radius 1 is 0.973 bits per heavy atom. The number of halogens is 3. The van der Waals surface area contributed by atoms with E-state index in [9.17, 15) is 18.0 Å². The van der Waals surface area contributed by atoms with Gasteiger partial charge in [0.25, 0.3) is 10.0 Å². The molecule has 11 heteroatoms. The Morgan fingerprint density at radius 3 is 2.22 bits per heavy atom. The molecule has 0 saturated heterocycles. The zero-order valence-electron chi connectivity index (χ0n) is 20.2. The standard InChI is InChI=1S/C26H26BrCl2N3O4S/c1-3-30-26(34)18(2)31(16-19-7-9-20(27)10-8-19)25(33)17-32(23-6-4-5-22(29)15-23)37(35,36)24-13-11-21(28)12-14-24/h4-15,18H,3,16-17H2,1-2H3,(H,30,34)/t18-/m1/s1. The number of carbonyl (C=O) groups is 2. The van der Waals surface area contributed by atoms with Gasteiger partial charge in [-0.05, 0) is 74.0 Å². The number of sulfonamides is 1. The van der Waals surface area contributed by atoms with Crippen molar-refractivity contribution in [2.75, 3.05) is 17.4 Å². The van der Waals surface area contributed by atoms with Crippen LogP contribution in [0.2, 0.25) is 10.0 Å². The van der Waals surface area contributed by atoms with Gasteiger partial charge in [0, 0.05) is 27.6 Å². The van der Waals surface area contributed by atoms with Crippen LogP contribution < -0.4 is 9.62 Å². The maximum atomic E-state index is 13.7. The number of anilines is 1. The molecule has 3 aromatic rings. The van der Waals surface area contributed by atoms with E-state index in [-0.39, 0.29) is 23.0 Å². The molecule has 37 heavy (non-hydrogen) atoms. The first-order valence-corrected chi connectivity index (χ1v) is 14.4. The van der Waals surface area contributed by atoms with Gasteiger partial charge in [-0.25, -0.2) is 8.42 Å². The molecule has 1 atom stereocenters.